The largest absolute Gasteiger partial charge is 0.357 e. The lowest BCUT2D eigenvalue weighted by atomic mass is 9.84. The predicted octanol–water partition coefficient (Wildman–Crippen LogP) is 3.55. The summed E-state index contributed by atoms with van der Waals surface area (Å²) in [5, 5.41) is 7.07. The molecule has 0 aliphatic carbocycles. The number of guanidine groups is 1. The van der Waals surface area contributed by atoms with Gasteiger partial charge in [-0.15, -0.1) is 24.0 Å². The van der Waals surface area contributed by atoms with Crippen LogP contribution in [0.1, 0.15) is 39.2 Å². The van der Waals surface area contributed by atoms with Gasteiger partial charge in [0.1, 0.15) is 5.82 Å². The van der Waals surface area contributed by atoms with E-state index in [1.165, 1.54) is 12.1 Å². The van der Waals surface area contributed by atoms with E-state index in [1.54, 1.807) is 11.0 Å². The number of hydrogen-bond acceptors (Lipinski definition) is 2. The molecule has 5 nitrogen and oxygen atoms in total. The Morgan fingerprint density at radius 2 is 2.15 bits per heavy atom. The smallest absolute Gasteiger partial charge is 0.222 e. The molecular weight excluding hydrogens is 482 g/mol. The van der Waals surface area contributed by atoms with Crippen LogP contribution in [0.5, 0.6) is 0 Å². The Kier molecular flexibility index (Phi) is 9.27. The number of aliphatic imine (C=N–C) groups is 1. The summed E-state index contributed by atoms with van der Waals surface area (Å²) in [5.74, 6) is 0.549. The van der Waals surface area contributed by atoms with Crippen LogP contribution in [0.15, 0.2) is 23.2 Å². The van der Waals surface area contributed by atoms with Gasteiger partial charge in [-0.3, -0.25) is 9.79 Å². The first-order chi connectivity index (χ1) is 12.2. The highest BCUT2D eigenvalue weighted by atomic mass is 127. The molecule has 1 saturated heterocycles. The van der Waals surface area contributed by atoms with E-state index in [0.717, 1.165) is 18.5 Å². The summed E-state index contributed by atoms with van der Waals surface area (Å²) in [5.41, 5.74) is 0.523. The summed E-state index contributed by atoms with van der Waals surface area (Å²) < 4.78 is 13.3. The van der Waals surface area contributed by atoms with Gasteiger partial charge in [0.25, 0.3) is 0 Å². The standard InChI is InChI=1S/C19H28ClFN4O.HI/c1-5-22-18(24-14-7-9-17(26)25(4)11-14)23-12-19(2,3)15-8-6-13(21)10-16(15)20;/h6,8,10,14H,5,7,9,11-12H2,1-4H3,(H2,22,23,24);1H. The highest BCUT2D eigenvalue weighted by Gasteiger charge is 2.25. The number of likely N-dealkylation sites (N-methyl/N-ethyl adjacent to an activating group) is 1. The fourth-order valence-electron chi connectivity index (χ4n) is 3.04. The van der Waals surface area contributed by atoms with Crippen molar-refractivity contribution in [1.82, 2.24) is 15.5 Å². The molecule has 1 aliphatic rings. The molecule has 152 valence electrons. The third-order valence-electron chi connectivity index (χ3n) is 4.60. The van der Waals surface area contributed by atoms with Crippen LogP contribution < -0.4 is 10.6 Å². The zero-order chi connectivity index (χ0) is 19.3. The number of nitrogens with one attached hydrogen (secondary N) is 2. The molecular formula is C19H29ClFIN4O. The van der Waals surface area contributed by atoms with Crippen molar-refractivity contribution in [3.8, 4) is 0 Å². The average molecular weight is 511 g/mol. The second kappa shape index (κ2) is 10.5. The summed E-state index contributed by atoms with van der Waals surface area (Å²) in [6.45, 7) is 7.98. The van der Waals surface area contributed by atoms with Gasteiger partial charge < -0.3 is 15.5 Å². The second-order valence-electron chi connectivity index (χ2n) is 7.36. The first-order valence-corrected chi connectivity index (χ1v) is 9.35. The van der Waals surface area contributed by atoms with Gasteiger partial charge in [0.05, 0.1) is 6.54 Å². The van der Waals surface area contributed by atoms with Crippen molar-refractivity contribution in [3.63, 3.8) is 0 Å². The Labute approximate surface area is 183 Å². The maximum atomic E-state index is 13.3. The van der Waals surface area contributed by atoms with Crippen molar-refractivity contribution in [1.29, 1.82) is 0 Å². The Morgan fingerprint density at radius 3 is 2.74 bits per heavy atom. The third-order valence-corrected chi connectivity index (χ3v) is 4.92. The number of piperidine rings is 1. The number of carbonyl (C=O) groups excluding carboxylic acids is 1. The van der Waals surface area contributed by atoms with Crippen molar-refractivity contribution < 1.29 is 9.18 Å². The Balaban J connectivity index is 0.00000364. The SMILES string of the molecule is CCNC(=NCC(C)(C)c1ccc(F)cc1Cl)NC1CCC(=O)N(C)C1.I. The molecule has 0 saturated carbocycles. The van der Waals surface area contributed by atoms with E-state index in [2.05, 4.69) is 10.6 Å². The first-order valence-electron chi connectivity index (χ1n) is 8.97. The van der Waals surface area contributed by atoms with E-state index in [4.69, 9.17) is 16.6 Å². The van der Waals surface area contributed by atoms with Crippen molar-refractivity contribution in [2.45, 2.75) is 45.1 Å². The van der Waals surface area contributed by atoms with Gasteiger partial charge in [-0.05, 0) is 31.0 Å². The van der Waals surface area contributed by atoms with Gasteiger partial charge in [-0.2, -0.15) is 0 Å². The Morgan fingerprint density at radius 1 is 1.44 bits per heavy atom. The number of likely N-dealkylation sites (tertiary alicyclic amines) is 1. The molecule has 8 heteroatoms. The predicted molar refractivity (Wildman–Crippen MR) is 120 cm³/mol. The van der Waals surface area contributed by atoms with Crippen LogP contribution in [0.4, 0.5) is 4.39 Å². The van der Waals surface area contributed by atoms with E-state index < -0.39 is 0 Å². The zero-order valence-electron chi connectivity index (χ0n) is 16.3. The molecule has 0 bridgehead atoms. The number of rotatable bonds is 5. The number of carbonyl (C=O) groups is 1. The van der Waals surface area contributed by atoms with Gasteiger partial charge in [-0.25, -0.2) is 4.39 Å². The molecule has 1 aromatic carbocycles. The molecule has 1 unspecified atom stereocenters. The van der Waals surface area contributed by atoms with Crippen molar-refractivity contribution in [3.05, 3.63) is 34.6 Å². The fourth-order valence-corrected chi connectivity index (χ4v) is 3.47. The van der Waals surface area contributed by atoms with E-state index in [-0.39, 0.29) is 47.2 Å². The molecule has 0 spiro atoms. The molecule has 1 atom stereocenters. The van der Waals surface area contributed by atoms with Crippen LogP contribution in [0.3, 0.4) is 0 Å². The first kappa shape index (κ1) is 23.9. The lowest BCUT2D eigenvalue weighted by Crippen LogP contribution is -2.52. The van der Waals surface area contributed by atoms with E-state index in [0.29, 0.717) is 30.5 Å². The summed E-state index contributed by atoms with van der Waals surface area (Å²) in [4.78, 5) is 18.1. The third kappa shape index (κ3) is 6.78. The van der Waals surface area contributed by atoms with Gasteiger partial charge in [-0.1, -0.05) is 31.5 Å². The van der Waals surface area contributed by atoms with E-state index in [1.807, 2.05) is 27.8 Å². The minimum absolute atomic E-state index is 0. The lowest BCUT2D eigenvalue weighted by Gasteiger charge is -2.31. The summed E-state index contributed by atoms with van der Waals surface area (Å²) in [6.07, 6.45) is 1.34. The topological polar surface area (TPSA) is 56.7 Å². The molecule has 1 aliphatic heterocycles. The minimum Gasteiger partial charge on any atom is -0.357 e. The number of amides is 1. The quantitative estimate of drug-likeness (QED) is 0.362. The van der Waals surface area contributed by atoms with Crippen molar-refractivity contribution >= 4 is 47.4 Å². The number of hydrogen-bond donors (Lipinski definition) is 2. The normalized spacial score (nSPS) is 18.1. The number of nitrogens with zero attached hydrogens (tertiary/aromatic N) is 2. The monoisotopic (exact) mass is 510 g/mol. The molecule has 1 aromatic rings. The van der Waals surface area contributed by atoms with Gasteiger partial charge in [0.2, 0.25) is 5.91 Å². The molecule has 1 amide bonds. The molecule has 2 N–H and O–H groups in total. The highest BCUT2D eigenvalue weighted by Crippen LogP contribution is 2.30. The number of benzene rings is 1. The lowest BCUT2D eigenvalue weighted by molar-refractivity contribution is -0.132. The van der Waals surface area contributed by atoms with Crippen molar-refractivity contribution in [2.24, 2.45) is 4.99 Å². The molecule has 2 rings (SSSR count). The maximum absolute atomic E-state index is 13.3. The van der Waals surface area contributed by atoms with Gasteiger partial charge in [0.15, 0.2) is 5.96 Å². The summed E-state index contributed by atoms with van der Waals surface area (Å²) >= 11 is 6.22. The second-order valence-corrected chi connectivity index (χ2v) is 7.76. The summed E-state index contributed by atoms with van der Waals surface area (Å²) in [6, 6.07) is 4.65. The van der Waals surface area contributed by atoms with Gasteiger partial charge in [0, 0.05) is 43.0 Å². The molecule has 1 heterocycles. The molecule has 0 radical (unpaired) electrons. The van der Waals surface area contributed by atoms with Gasteiger partial charge >= 0.3 is 0 Å². The Hall–Kier alpha value is -1.09. The van der Waals surface area contributed by atoms with Crippen LogP contribution in [0, 0.1) is 5.82 Å². The van der Waals surface area contributed by atoms with Crippen LogP contribution in [0.2, 0.25) is 5.02 Å². The fraction of sp³-hybridized carbons (Fsp3) is 0.579. The maximum Gasteiger partial charge on any atom is 0.222 e. The minimum atomic E-state index is -0.343. The van der Waals surface area contributed by atoms with Crippen LogP contribution in [0.25, 0.3) is 0 Å². The van der Waals surface area contributed by atoms with Crippen molar-refractivity contribution in [2.75, 3.05) is 26.7 Å². The van der Waals surface area contributed by atoms with Crippen LogP contribution >= 0.6 is 35.6 Å². The zero-order valence-corrected chi connectivity index (χ0v) is 19.4. The molecule has 0 aromatic heterocycles. The summed E-state index contributed by atoms with van der Waals surface area (Å²) in [7, 11) is 1.82. The Bertz CT molecular complexity index is 684. The molecule has 1 fully saturated rings. The van der Waals surface area contributed by atoms with E-state index in [9.17, 15) is 9.18 Å². The van der Waals surface area contributed by atoms with Crippen LogP contribution in [-0.4, -0.2) is 49.5 Å². The highest BCUT2D eigenvalue weighted by molar-refractivity contribution is 14.0. The van der Waals surface area contributed by atoms with E-state index >= 15 is 0 Å². The number of halogens is 3. The molecule has 27 heavy (non-hydrogen) atoms. The van der Waals surface area contributed by atoms with Crippen LogP contribution in [-0.2, 0) is 10.2 Å². The average Bonchev–Trinajstić information content (AvgIpc) is 2.56.